The lowest BCUT2D eigenvalue weighted by molar-refractivity contribution is -0.140. The SMILES string of the molecule is COC(=O)CCCS(=O)(=O)NC(=O)COc1cccc2c1cc(C)n2Cc1ccccc1. The Labute approximate surface area is 187 Å². The molecule has 1 heterocycles. The van der Waals surface area contributed by atoms with E-state index in [1.54, 1.807) is 6.07 Å². The summed E-state index contributed by atoms with van der Waals surface area (Å²) in [6.45, 7) is 2.25. The van der Waals surface area contributed by atoms with Crippen molar-refractivity contribution in [2.24, 2.45) is 0 Å². The molecule has 1 aromatic heterocycles. The molecule has 0 aliphatic carbocycles. The van der Waals surface area contributed by atoms with Crippen molar-refractivity contribution in [3.8, 4) is 5.75 Å². The fourth-order valence-electron chi connectivity index (χ4n) is 3.40. The van der Waals surface area contributed by atoms with E-state index in [9.17, 15) is 18.0 Å². The molecule has 8 nitrogen and oxygen atoms in total. The summed E-state index contributed by atoms with van der Waals surface area (Å²) >= 11 is 0. The number of carbonyl (C=O) groups is 2. The Balaban J connectivity index is 1.64. The lowest BCUT2D eigenvalue weighted by Crippen LogP contribution is -2.36. The van der Waals surface area contributed by atoms with Gasteiger partial charge in [-0.15, -0.1) is 0 Å². The van der Waals surface area contributed by atoms with Crippen LogP contribution in [0.25, 0.3) is 10.9 Å². The van der Waals surface area contributed by atoms with Crippen LogP contribution in [0.3, 0.4) is 0 Å². The second kappa shape index (κ2) is 10.3. The van der Waals surface area contributed by atoms with Crippen molar-refractivity contribution in [2.75, 3.05) is 19.5 Å². The number of aryl methyl sites for hydroxylation is 1. The lowest BCUT2D eigenvalue weighted by Gasteiger charge is -2.11. The molecular weight excluding hydrogens is 432 g/mol. The van der Waals surface area contributed by atoms with Crippen molar-refractivity contribution in [1.82, 2.24) is 9.29 Å². The van der Waals surface area contributed by atoms with Gasteiger partial charge in [-0.25, -0.2) is 8.42 Å². The molecule has 1 N–H and O–H groups in total. The van der Waals surface area contributed by atoms with Gasteiger partial charge in [0.1, 0.15) is 5.75 Å². The molecule has 170 valence electrons. The van der Waals surface area contributed by atoms with Crippen LogP contribution < -0.4 is 9.46 Å². The van der Waals surface area contributed by atoms with E-state index in [4.69, 9.17) is 4.74 Å². The molecule has 2 aromatic carbocycles. The molecule has 0 radical (unpaired) electrons. The van der Waals surface area contributed by atoms with Crippen LogP contribution >= 0.6 is 0 Å². The fourth-order valence-corrected chi connectivity index (χ4v) is 4.43. The van der Waals surface area contributed by atoms with Crippen LogP contribution in [-0.2, 0) is 30.9 Å². The first kappa shape index (κ1) is 23.3. The van der Waals surface area contributed by atoms with E-state index < -0.39 is 28.5 Å². The number of nitrogens with zero attached hydrogens (tertiary/aromatic N) is 1. The molecule has 0 saturated carbocycles. The summed E-state index contributed by atoms with van der Waals surface area (Å²) < 4.78 is 38.3. The number of methoxy groups -OCH3 is 1. The van der Waals surface area contributed by atoms with Crippen LogP contribution in [0.5, 0.6) is 5.75 Å². The fraction of sp³-hybridized carbons (Fsp3) is 0.304. The van der Waals surface area contributed by atoms with E-state index in [1.165, 1.54) is 7.11 Å². The van der Waals surface area contributed by atoms with Gasteiger partial charge in [-0.2, -0.15) is 0 Å². The van der Waals surface area contributed by atoms with Gasteiger partial charge < -0.3 is 14.0 Å². The molecule has 9 heteroatoms. The van der Waals surface area contributed by atoms with E-state index in [-0.39, 0.29) is 18.6 Å². The Hall–Kier alpha value is -3.33. The average molecular weight is 459 g/mol. The molecule has 1 amide bonds. The summed E-state index contributed by atoms with van der Waals surface area (Å²) in [6, 6.07) is 17.6. The van der Waals surface area contributed by atoms with Gasteiger partial charge in [0, 0.05) is 24.0 Å². The third-order valence-corrected chi connectivity index (χ3v) is 6.31. The van der Waals surface area contributed by atoms with E-state index in [2.05, 4.69) is 21.4 Å². The number of hydrogen-bond donors (Lipinski definition) is 1. The highest BCUT2D eigenvalue weighted by molar-refractivity contribution is 7.90. The molecule has 3 rings (SSSR count). The third kappa shape index (κ3) is 6.10. The van der Waals surface area contributed by atoms with Crippen molar-refractivity contribution in [2.45, 2.75) is 26.3 Å². The summed E-state index contributed by atoms with van der Waals surface area (Å²) in [4.78, 5) is 23.2. The maximum Gasteiger partial charge on any atom is 0.305 e. The average Bonchev–Trinajstić information content (AvgIpc) is 3.08. The monoisotopic (exact) mass is 458 g/mol. The number of sulfonamides is 1. The van der Waals surface area contributed by atoms with Crippen molar-refractivity contribution in [3.63, 3.8) is 0 Å². The van der Waals surface area contributed by atoms with E-state index in [0.29, 0.717) is 12.3 Å². The minimum atomic E-state index is -3.86. The summed E-state index contributed by atoms with van der Waals surface area (Å²) in [6.07, 6.45) is 0.0209. The van der Waals surface area contributed by atoms with Crippen LogP contribution in [0.1, 0.15) is 24.1 Å². The van der Waals surface area contributed by atoms with Crippen molar-refractivity contribution in [1.29, 1.82) is 0 Å². The second-order valence-electron chi connectivity index (χ2n) is 7.36. The predicted molar refractivity (Wildman–Crippen MR) is 121 cm³/mol. The quantitative estimate of drug-likeness (QED) is 0.469. The zero-order chi connectivity index (χ0) is 23.1. The Kier molecular flexibility index (Phi) is 7.53. The van der Waals surface area contributed by atoms with Gasteiger partial charge in [-0.3, -0.25) is 14.3 Å². The standard InChI is InChI=1S/C23H26N2O6S/c1-17-14-19-20(25(17)15-18-8-4-3-5-9-18)10-6-11-21(19)31-16-22(26)24-32(28,29)13-7-12-23(27)30-2/h3-6,8-11,14H,7,12-13,15-16H2,1-2H3,(H,24,26). The molecule has 0 saturated heterocycles. The Bertz CT molecular complexity index is 1200. The lowest BCUT2D eigenvalue weighted by atomic mass is 10.2. The second-order valence-corrected chi connectivity index (χ2v) is 9.20. The number of hydrogen-bond acceptors (Lipinski definition) is 6. The molecule has 0 unspecified atom stereocenters. The van der Waals surface area contributed by atoms with Crippen molar-refractivity contribution < 1.29 is 27.5 Å². The Morgan fingerprint density at radius 2 is 1.81 bits per heavy atom. The number of aromatic nitrogens is 1. The van der Waals surface area contributed by atoms with Crippen LogP contribution in [0.2, 0.25) is 0 Å². The minimum absolute atomic E-state index is 0.0383. The zero-order valence-corrected chi connectivity index (χ0v) is 18.9. The number of fused-ring (bicyclic) bond motifs is 1. The molecule has 0 atom stereocenters. The molecule has 32 heavy (non-hydrogen) atoms. The van der Waals surface area contributed by atoms with Crippen LogP contribution in [-0.4, -0.2) is 44.3 Å². The zero-order valence-electron chi connectivity index (χ0n) is 18.0. The topological polar surface area (TPSA) is 104 Å². The first-order valence-corrected chi connectivity index (χ1v) is 11.8. The molecule has 0 aliphatic heterocycles. The number of benzene rings is 2. The normalized spacial score (nSPS) is 11.3. The van der Waals surface area contributed by atoms with Gasteiger partial charge in [0.25, 0.3) is 5.91 Å². The van der Waals surface area contributed by atoms with Crippen LogP contribution in [0.4, 0.5) is 0 Å². The van der Waals surface area contributed by atoms with Gasteiger partial charge in [0.2, 0.25) is 10.0 Å². The van der Waals surface area contributed by atoms with Gasteiger partial charge >= 0.3 is 5.97 Å². The molecular formula is C23H26N2O6S. The van der Waals surface area contributed by atoms with Gasteiger partial charge in [-0.1, -0.05) is 36.4 Å². The van der Waals surface area contributed by atoms with Crippen molar-refractivity contribution >= 4 is 32.8 Å². The highest BCUT2D eigenvalue weighted by Gasteiger charge is 2.17. The van der Waals surface area contributed by atoms with Gasteiger partial charge in [0.15, 0.2) is 6.61 Å². The Morgan fingerprint density at radius 1 is 1.06 bits per heavy atom. The van der Waals surface area contributed by atoms with E-state index in [0.717, 1.165) is 22.2 Å². The largest absolute Gasteiger partial charge is 0.483 e. The predicted octanol–water partition coefficient (Wildman–Crippen LogP) is 2.78. The Morgan fingerprint density at radius 3 is 2.53 bits per heavy atom. The highest BCUT2D eigenvalue weighted by Crippen LogP contribution is 2.29. The maximum absolute atomic E-state index is 12.1. The number of amides is 1. The molecule has 0 spiro atoms. The van der Waals surface area contributed by atoms with Crippen molar-refractivity contribution in [3.05, 3.63) is 65.9 Å². The first-order chi connectivity index (χ1) is 15.3. The molecule has 0 aliphatic rings. The number of ether oxygens (including phenoxy) is 2. The summed E-state index contributed by atoms with van der Waals surface area (Å²) in [5.74, 6) is -1.14. The number of esters is 1. The number of nitrogens with one attached hydrogen (secondary N) is 1. The van der Waals surface area contributed by atoms with Gasteiger partial charge in [0.05, 0.1) is 18.4 Å². The third-order valence-electron chi connectivity index (χ3n) is 4.95. The summed E-state index contributed by atoms with van der Waals surface area (Å²) in [5.41, 5.74) is 3.16. The van der Waals surface area contributed by atoms with E-state index >= 15 is 0 Å². The smallest absolute Gasteiger partial charge is 0.305 e. The van der Waals surface area contributed by atoms with Gasteiger partial charge in [-0.05, 0) is 37.1 Å². The summed E-state index contributed by atoms with van der Waals surface area (Å²) in [7, 11) is -2.63. The van der Waals surface area contributed by atoms with E-state index in [1.807, 2.05) is 48.0 Å². The maximum atomic E-state index is 12.1. The summed E-state index contributed by atoms with van der Waals surface area (Å²) in [5, 5.41) is 0.842. The molecule has 3 aromatic rings. The van der Waals surface area contributed by atoms with Crippen LogP contribution in [0, 0.1) is 6.92 Å². The number of carbonyl (C=O) groups excluding carboxylic acids is 2. The first-order valence-electron chi connectivity index (χ1n) is 10.1. The molecule has 0 fully saturated rings. The van der Waals surface area contributed by atoms with Crippen LogP contribution in [0.15, 0.2) is 54.6 Å². The minimum Gasteiger partial charge on any atom is -0.483 e. The highest BCUT2D eigenvalue weighted by atomic mass is 32.2. The number of rotatable bonds is 10. The molecule has 0 bridgehead atoms.